The van der Waals surface area contributed by atoms with Crippen molar-refractivity contribution in [1.82, 2.24) is 9.80 Å². The van der Waals surface area contributed by atoms with Crippen LogP contribution in [-0.2, 0) is 19.7 Å². The molecule has 1 aromatic carbocycles. The van der Waals surface area contributed by atoms with E-state index in [0.717, 1.165) is 52.4 Å². The summed E-state index contributed by atoms with van der Waals surface area (Å²) in [5.41, 5.74) is 1.05. The number of carbonyl (C=O) groups excluding carboxylic acids is 1. The number of rotatable bonds is 5. The predicted molar refractivity (Wildman–Crippen MR) is 102 cm³/mol. The second kappa shape index (κ2) is 8.98. The normalized spacial score (nSPS) is 22.8. The zero-order valence-electron chi connectivity index (χ0n) is 16.2. The first-order valence-corrected chi connectivity index (χ1v) is 9.79. The van der Waals surface area contributed by atoms with Crippen LogP contribution in [0.3, 0.4) is 0 Å². The number of carbonyl (C=O) groups is 1. The molecule has 0 radical (unpaired) electrons. The molecule has 144 valence electrons. The minimum atomic E-state index is -0.161. The van der Waals surface area contributed by atoms with Crippen LogP contribution in [-0.4, -0.2) is 74.4 Å². The van der Waals surface area contributed by atoms with Crippen molar-refractivity contribution >= 4 is 5.91 Å². The van der Waals surface area contributed by atoms with Gasteiger partial charge < -0.3 is 14.4 Å². The van der Waals surface area contributed by atoms with E-state index in [1.165, 1.54) is 5.56 Å². The second-order valence-electron chi connectivity index (χ2n) is 8.03. The van der Waals surface area contributed by atoms with Crippen molar-refractivity contribution in [3.63, 3.8) is 0 Å². The quantitative estimate of drug-likeness (QED) is 0.808. The van der Waals surface area contributed by atoms with Gasteiger partial charge in [-0.05, 0) is 17.4 Å². The molecule has 2 fully saturated rings. The zero-order valence-corrected chi connectivity index (χ0v) is 16.2. The van der Waals surface area contributed by atoms with Crippen LogP contribution in [0.5, 0.6) is 0 Å². The van der Waals surface area contributed by atoms with Gasteiger partial charge in [-0.25, -0.2) is 0 Å². The topological polar surface area (TPSA) is 42.0 Å². The first kappa shape index (κ1) is 19.3. The molecule has 5 nitrogen and oxygen atoms in total. The summed E-state index contributed by atoms with van der Waals surface area (Å²) in [5.74, 6) is 0.233. The van der Waals surface area contributed by atoms with Crippen LogP contribution in [0.4, 0.5) is 0 Å². The molecule has 2 aliphatic heterocycles. The molecule has 0 aliphatic carbocycles. The second-order valence-corrected chi connectivity index (χ2v) is 8.03. The molecule has 0 spiro atoms. The number of amides is 1. The molecule has 2 saturated heterocycles. The summed E-state index contributed by atoms with van der Waals surface area (Å²) in [4.78, 5) is 17.4. The molecule has 26 heavy (non-hydrogen) atoms. The van der Waals surface area contributed by atoms with Gasteiger partial charge in [0.1, 0.15) is 0 Å². The molecule has 1 aromatic rings. The summed E-state index contributed by atoms with van der Waals surface area (Å²) in [6.07, 6.45) is 1.54. The lowest BCUT2D eigenvalue weighted by atomic mass is 9.81. The molecule has 0 N–H and O–H groups in total. The SMILES string of the molecule is CC(C)(CC(=O)N1CCCOC(CN2CCOCC2)C1)c1ccccc1. The van der Waals surface area contributed by atoms with Crippen LogP contribution < -0.4 is 0 Å². The first-order valence-electron chi connectivity index (χ1n) is 9.79. The molecule has 1 unspecified atom stereocenters. The lowest BCUT2D eigenvalue weighted by molar-refractivity contribution is -0.133. The van der Waals surface area contributed by atoms with Gasteiger partial charge in [-0.1, -0.05) is 44.2 Å². The summed E-state index contributed by atoms with van der Waals surface area (Å²) < 4.78 is 11.4. The van der Waals surface area contributed by atoms with Gasteiger partial charge in [-0.2, -0.15) is 0 Å². The van der Waals surface area contributed by atoms with Gasteiger partial charge in [0.2, 0.25) is 5.91 Å². The van der Waals surface area contributed by atoms with Gasteiger partial charge in [0.05, 0.1) is 19.3 Å². The Balaban J connectivity index is 1.58. The third kappa shape index (κ3) is 5.29. The Hall–Kier alpha value is -1.43. The van der Waals surface area contributed by atoms with E-state index in [-0.39, 0.29) is 17.4 Å². The predicted octanol–water partition coefficient (Wildman–Crippen LogP) is 2.30. The van der Waals surface area contributed by atoms with Crippen molar-refractivity contribution in [2.24, 2.45) is 0 Å². The molecular formula is C21H32N2O3. The van der Waals surface area contributed by atoms with E-state index in [0.29, 0.717) is 13.0 Å². The zero-order chi connectivity index (χ0) is 18.4. The smallest absolute Gasteiger partial charge is 0.223 e. The average molecular weight is 360 g/mol. The maximum absolute atomic E-state index is 13.0. The summed E-state index contributed by atoms with van der Waals surface area (Å²) in [6.45, 7) is 10.9. The highest BCUT2D eigenvalue weighted by Crippen LogP contribution is 2.28. The van der Waals surface area contributed by atoms with E-state index < -0.39 is 0 Å². The summed E-state index contributed by atoms with van der Waals surface area (Å²) in [7, 11) is 0. The molecule has 0 bridgehead atoms. The maximum Gasteiger partial charge on any atom is 0.223 e. The van der Waals surface area contributed by atoms with E-state index in [1.54, 1.807) is 0 Å². The Labute approximate surface area is 157 Å². The van der Waals surface area contributed by atoms with Crippen LogP contribution in [0, 0.1) is 0 Å². The third-order valence-corrected chi connectivity index (χ3v) is 5.42. The summed E-state index contributed by atoms with van der Waals surface area (Å²) in [6, 6.07) is 10.3. The molecule has 2 aliphatic rings. The van der Waals surface area contributed by atoms with Crippen molar-refractivity contribution in [3.05, 3.63) is 35.9 Å². The van der Waals surface area contributed by atoms with Crippen molar-refractivity contribution in [3.8, 4) is 0 Å². The first-order chi connectivity index (χ1) is 12.5. The minimum absolute atomic E-state index is 0.0967. The third-order valence-electron chi connectivity index (χ3n) is 5.42. The number of morpholine rings is 1. The highest BCUT2D eigenvalue weighted by atomic mass is 16.5. The van der Waals surface area contributed by atoms with E-state index in [1.807, 2.05) is 23.1 Å². The van der Waals surface area contributed by atoms with E-state index in [9.17, 15) is 4.79 Å². The van der Waals surface area contributed by atoms with Gasteiger partial charge >= 0.3 is 0 Å². The van der Waals surface area contributed by atoms with Crippen LogP contribution in [0.1, 0.15) is 32.3 Å². The number of nitrogens with zero attached hydrogens (tertiary/aromatic N) is 2. The molecule has 1 amide bonds. The van der Waals surface area contributed by atoms with Crippen molar-refractivity contribution in [2.45, 2.75) is 38.2 Å². The summed E-state index contributed by atoms with van der Waals surface area (Å²) >= 11 is 0. The molecule has 5 heteroatoms. The molecule has 2 heterocycles. The van der Waals surface area contributed by atoms with Crippen LogP contribution in [0.15, 0.2) is 30.3 Å². The molecule has 0 aromatic heterocycles. The van der Waals surface area contributed by atoms with Crippen LogP contribution in [0.2, 0.25) is 0 Å². The fourth-order valence-corrected chi connectivity index (χ4v) is 3.79. The van der Waals surface area contributed by atoms with Crippen LogP contribution >= 0.6 is 0 Å². The van der Waals surface area contributed by atoms with Gasteiger partial charge in [0, 0.05) is 45.8 Å². The van der Waals surface area contributed by atoms with Gasteiger partial charge in [-0.15, -0.1) is 0 Å². The Kier molecular flexibility index (Phi) is 6.68. The van der Waals surface area contributed by atoms with Gasteiger partial charge in [-0.3, -0.25) is 9.69 Å². The molecular weight excluding hydrogens is 328 g/mol. The van der Waals surface area contributed by atoms with Crippen LogP contribution in [0.25, 0.3) is 0 Å². The highest BCUT2D eigenvalue weighted by molar-refractivity contribution is 5.77. The average Bonchev–Trinajstić information content (AvgIpc) is 2.89. The highest BCUT2D eigenvalue weighted by Gasteiger charge is 2.30. The number of benzene rings is 1. The fraction of sp³-hybridized carbons (Fsp3) is 0.667. The largest absolute Gasteiger partial charge is 0.379 e. The lowest BCUT2D eigenvalue weighted by Crippen LogP contribution is -2.46. The lowest BCUT2D eigenvalue weighted by Gasteiger charge is -2.33. The Morgan fingerprint density at radius 3 is 2.58 bits per heavy atom. The number of ether oxygens (including phenoxy) is 2. The van der Waals surface area contributed by atoms with Gasteiger partial charge in [0.15, 0.2) is 0 Å². The van der Waals surface area contributed by atoms with Crippen molar-refractivity contribution in [1.29, 1.82) is 0 Å². The standard InChI is InChI=1S/C21H32N2O3/c1-21(2,18-7-4-3-5-8-18)15-20(24)23-9-6-12-26-19(17-23)16-22-10-13-25-14-11-22/h3-5,7-8,19H,6,9-17H2,1-2H3. The van der Waals surface area contributed by atoms with Crippen molar-refractivity contribution < 1.29 is 14.3 Å². The van der Waals surface area contributed by atoms with Crippen molar-refractivity contribution in [2.75, 3.05) is 52.5 Å². The fourth-order valence-electron chi connectivity index (χ4n) is 3.79. The number of hydrogen-bond donors (Lipinski definition) is 0. The molecule has 0 saturated carbocycles. The van der Waals surface area contributed by atoms with Gasteiger partial charge in [0.25, 0.3) is 0 Å². The number of hydrogen-bond acceptors (Lipinski definition) is 4. The maximum atomic E-state index is 13.0. The van der Waals surface area contributed by atoms with E-state index in [4.69, 9.17) is 9.47 Å². The molecule has 3 rings (SSSR count). The minimum Gasteiger partial charge on any atom is -0.379 e. The van der Waals surface area contributed by atoms with E-state index in [2.05, 4.69) is 30.9 Å². The molecule has 1 atom stereocenters. The Morgan fingerprint density at radius 1 is 1.12 bits per heavy atom. The summed E-state index contributed by atoms with van der Waals surface area (Å²) in [5, 5.41) is 0. The monoisotopic (exact) mass is 360 g/mol. The van der Waals surface area contributed by atoms with E-state index >= 15 is 0 Å². The Morgan fingerprint density at radius 2 is 1.85 bits per heavy atom. The Bertz CT molecular complexity index is 570.